The quantitative estimate of drug-likeness (QED) is 0.478. The molecule has 0 fully saturated rings. The monoisotopic (exact) mass is 388 g/mol. The molecule has 0 amide bonds. The largest absolute Gasteiger partial charge is 0.478 e. The third kappa shape index (κ3) is 5.06. The Balaban J connectivity index is 1.53. The highest BCUT2D eigenvalue weighted by atomic mass is 32.2. The maximum Gasteiger partial charge on any atom is 0.335 e. The number of aromatic carboxylic acids is 1. The molecule has 0 aliphatic heterocycles. The number of carboxylic acid groups (broad SMARTS) is 1. The second-order valence-corrected chi connectivity index (χ2v) is 7.34. The summed E-state index contributed by atoms with van der Waals surface area (Å²) < 4.78 is 5.62. The molecule has 1 aromatic carbocycles. The lowest BCUT2D eigenvalue weighted by atomic mass is 10.1. The molecule has 0 atom stereocenters. The van der Waals surface area contributed by atoms with Gasteiger partial charge < -0.3 is 9.52 Å². The maximum absolute atomic E-state index is 10.8. The van der Waals surface area contributed by atoms with Crippen LogP contribution in [0.15, 0.2) is 45.1 Å². The minimum atomic E-state index is -0.934. The van der Waals surface area contributed by atoms with Crippen molar-refractivity contribution in [2.24, 2.45) is 0 Å². The summed E-state index contributed by atoms with van der Waals surface area (Å²) in [5.41, 5.74) is 3.11. The van der Waals surface area contributed by atoms with Gasteiger partial charge in [-0.2, -0.15) is 0 Å². The Morgan fingerprint density at radius 2 is 1.73 bits per heavy atom. The summed E-state index contributed by atoms with van der Waals surface area (Å²) in [6.45, 7) is 3.87. The Hall–Kier alpha value is -2.39. The molecular formula is C17H16N4O3S2. The van der Waals surface area contributed by atoms with Gasteiger partial charge in [-0.1, -0.05) is 35.7 Å². The van der Waals surface area contributed by atoms with Crippen LogP contribution in [0.4, 0.5) is 0 Å². The lowest BCUT2D eigenvalue weighted by molar-refractivity contribution is 0.0697. The second-order valence-electron chi connectivity index (χ2n) is 5.47. The first kappa shape index (κ1) is 18.4. The van der Waals surface area contributed by atoms with Gasteiger partial charge in [0.15, 0.2) is 5.16 Å². The molecule has 3 rings (SSSR count). The van der Waals surface area contributed by atoms with Gasteiger partial charge in [0.25, 0.3) is 5.22 Å². The molecule has 0 unspecified atom stereocenters. The first-order chi connectivity index (χ1) is 12.5. The fourth-order valence-corrected chi connectivity index (χ4v) is 3.65. The van der Waals surface area contributed by atoms with E-state index in [-0.39, 0.29) is 5.56 Å². The number of hydrogen-bond acceptors (Lipinski definition) is 8. The predicted molar refractivity (Wildman–Crippen MR) is 98.3 cm³/mol. The maximum atomic E-state index is 10.8. The molecule has 134 valence electrons. The van der Waals surface area contributed by atoms with Crippen molar-refractivity contribution in [2.45, 2.75) is 35.7 Å². The van der Waals surface area contributed by atoms with Crippen LogP contribution in [-0.2, 0) is 11.5 Å². The van der Waals surface area contributed by atoms with E-state index in [1.807, 2.05) is 19.9 Å². The van der Waals surface area contributed by atoms with E-state index in [9.17, 15) is 4.79 Å². The first-order valence-corrected chi connectivity index (χ1v) is 9.69. The Labute approximate surface area is 158 Å². The van der Waals surface area contributed by atoms with E-state index in [1.54, 1.807) is 24.3 Å². The Bertz CT molecular complexity index is 892. The van der Waals surface area contributed by atoms with E-state index in [0.717, 1.165) is 17.0 Å². The number of carbonyl (C=O) groups is 1. The lowest BCUT2D eigenvalue weighted by Crippen LogP contribution is -1.95. The van der Waals surface area contributed by atoms with Crippen LogP contribution in [0.3, 0.4) is 0 Å². The second kappa shape index (κ2) is 8.33. The van der Waals surface area contributed by atoms with Crippen LogP contribution in [0.5, 0.6) is 0 Å². The molecule has 0 spiro atoms. The molecule has 26 heavy (non-hydrogen) atoms. The van der Waals surface area contributed by atoms with E-state index >= 15 is 0 Å². The van der Waals surface area contributed by atoms with Crippen molar-refractivity contribution in [1.29, 1.82) is 0 Å². The van der Waals surface area contributed by atoms with E-state index in [1.165, 1.54) is 23.5 Å². The van der Waals surface area contributed by atoms with Gasteiger partial charge in [-0.25, -0.2) is 14.8 Å². The van der Waals surface area contributed by atoms with Gasteiger partial charge in [-0.05, 0) is 37.6 Å². The topological polar surface area (TPSA) is 102 Å². The van der Waals surface area contributed by atoms with Gasteiger partial charge in [0.2, 0.25) is 5.89 Å². The van der Waals surface area contributed by atoms with Gasteiger partial charge in [0.1, 0.15) is 0 Å². The van der Waals surface area contributed by atoms with E-state index < -0.39 is 5.97 Å². The zero-order valence-corrected chi connectivity index (χ0v) is 15.8. The number of nitrogens with zero attached hydrogens (tertiary/aromatic N) is 4. The summed E-state index contributed by atoms with van der Waals surface area (Å²) in [7, 11) is 0. The predicted octanol–water partition coefficient (Wildman–Crippen LogP) is 3.76. The van der Waals surface area contributed by atoms with Crippen LogP contribution in [0, 0.1) is 13.8 Å². The molecule has 0 saturated heterocycles. The van der Waals surface area contributed by atoms with Crippen molar-refractivity contribution in [3.8, 4) is 0 Å². The van der Waals surface area contributed by atoms with E-state index in [0.29, 0.717) is 27.8 Å². The van der Waals surface area contributed by atoms with Crippen molar-refractivity contribution >= 4 is 29.5 Å². The molecule has 0 saturated carbocycles. The van der Waals surface area contributed by atoms with Crippen LogP contribution >= 0.6 is 23.5 Å². The summed E-state index contributed by atoms with van der Waals surface area (Å²) >= 11 is 2.86. The van der Waals surface area contributed by atoms with E-state index in [4.69, 9.17) is 9.52 Å². The van der Waals surface area contributed by atoms with E-state index in [2.05, 4.69) is 20.2 Å². The number of carboxylic acids is 1. The molecular weight excluding hydrogens is 372 g/mol. The molecule has 1 N–H and O–H groups in total. The Kier molecular flexibility index (Phi) is 5.89. The molecule has 7 nitrogen and oxygen atoms in total. The van der Waals surface area contributed by atoms with Crippen LogP contribution in [0.25, 0.3) is 0 Å². The third-order valence-electron chi connectivity index (χ3n) is 3.30. The minimum absolute atomic E-state index is 0.268. The van der Waals surface area contributed by atoms with Crippen molar-refractivity contribution in [3.05, 3.63) is 58.7 Å². The average Bonchev–Trinajstić information content (AvgIpc) is 3.06. The number of benzene rings is 1. The molecule has 0 aliphatic carbocycles. The summed E-state index contributed by atoms with van der Waals surface area (Å²) in [6, 6.07) is 8.65. The molecule has 0 aliphatic rings. The number of hydrogen-bond donors (Lipinski definition) is 1. The van der Waals surface area contributed by atoms with Crippen molar-refractivity contribution in [1.82, 2.24) is 20.2 Å². The highest BCUT2D eigenvalue weighted by Gasteiger charge is 2.10. The summed E-state index contributed by atoms with van der Waals surface area (Å²) in [5.74, 6) is 0.705. The highest BCUT2D eigenvalue weighted by molar-refractivity contribution is 7.98. The molecule has 2 heterocycles. The normalized spacial score (nSPS) is 10.8. The average molecular weight is 388 g/mol. The SMILES string of the molecule is Cc1cc(C)nc(SCc2nnc(SCc3ccc(C(=O)O)cc3)o2)n1. The Morgan fingerprint density at radius 1 is 1.04 bits per heavy atom. The van der Waals surface area contributed by atoms with Gasteiger partial charge in [-0.15, -0.1) is 10.2 Å². The third-order valence-corrected chi connectivity index (χ3v) is 5.02. The fourth-order valence-electron chi connectivity index (χ4n) is 2.13. The summed E-state index contributed by atoms with van der Waals surface area (Å²) in [6.07, 6.45) is 0. The van der Waals surface area contributed by atoms with Crippen LogP contribution in [0.1, 0.15) is 33.2 Å². The summed E-state index contributed by atoms with van der Waals surface area (Å²) in [5, 5.41) is 18.1. The molecule has 2 aromatic heterocycles. The number of aromatic nitrogens is 4. The Morgan fingerprint density at radius 3 is 2.38 bits per heavy atom. The van der Waals surface area contributed by atoms with Crippen molar-refractivity contribution in [2.75, 3.05) is 0 Å². The first-order valence-electron chi connectivity index (χ1n) is 7.72. The summed E-state index contributed by atoms with van der Waals surface area (Å²) in [4.78, 5) is 19.6. The lowest BCUT2D eigenvalue weighted by Gasteiger charge is -2.01. The molecule has 9 heteroatoms. The van der Waals surface area contributed by atoms with Crippen molar-refractivity contribution < 1.29 is 14.3 Å². The molecule has 3 aromatic rings. The fraction of sp³-hybridized carbons (Fsp3) is 0.235. The van der Waals surface area contributed by atoms with Crippen LogP contribution in [0.2, 0.25) is 0 Å². The van der Waals surface area contributed by atoms with Crippen molar-refractivity contribution in [3.63, 3.8) is 0 Å². The molecule has 0 radical (unpaired) electrons. The molecule has 0 bridgehead atoms. The zero-order valence-electron chi connectivity index (χ0n) is 14.2. The number of thioether (sulfide) groups is 2. The van der Waals surface area contributed by atoms with Crippen LogP contribution in [-0.4, -0.2) is 31.2 Å². The smallest absolute Gasteiger partial charge is 0.335 e. The van der Waals surface area contributed by atoms with Gasteiger partial charge >= 0.3 is 5.97 Å². The van der Waals surface area contributed by atoms with Gasteiger partial charge in [0.05, 0.1) is 11.3 Å². The number of rotatable bonds is 7. The minimum Gasteiger partial charge on any atom is -0.478 e. The highest BCUT2D eigenvalue weighted by Crippen LogP contribution is 2.24. The standard InChI is InChI=1S/C17H16N4O3S2/c1-10-7-11(2)19-16(18-10)25-9-14-20-21-17(24-14)26-8-12-3-5-13(6-4-12)15(22)23/h3-7H,8-9H2,1-2H3,(H,22,23). The van der Waals surface area contributed by atoms with Gasteiger partial charge in [0, 0.05) is 17.1 Å². The van der Waals surface area contributed by atoms with Crippen LogP contribution < -0.4 is 0 Å². The van der Waals surface area contributed by atoms with Gasteiger partial charge in [-0.3, -0.25) is 0 Å². The number of aryl methyl sites for hydroxylation is 2. The zero-order chi connectivity index (χ0) is 18.5.